The van der Waals surface area contributed by atoms with Crippen molar-refractivity contribution in [3.63, 3.8) is 0 Å². The Bertz CT molecular complexity index is 3950. The number of aromatic nitrogens is 3. The molecule has 0 aliphatic rings. The van der Waals surface area contributed by atoms with Crippen LogP contribution in [0.2, 0.25) is 0 Å². The van der Waals surface area contributed by atoms with E-state index in [1.807, 2.05) is 11.3 Å². The summed E-state index contributed by atoms with van der Waals surface area (Å²) in [6.45, 7) is 0. The first-order valence-corrected chi connectivity index (χ1v) is 21.7. The van der Waals surface area contributed by atoms with Gasteiger partial charge in [0.25, 0.3) is 0 Å². The van der Waals surface area contributed by atoms with E-state index in [0.29, 0.717) is 17.5 Å². The lowest BCUT2D eigenvalue weighted by Gasteiger charge is -2.14. The lowest BCUT2D eigenvalue weighted by molar-refractivity contribution is 0.670. The van der Waals surface area contributed by atoms with Crippen LogP contribution in [-0.2, 0) is 0 Å². The Morgan fingerprint density at radius 1 is 0.323 bits per heavy atom. The van der Waals surface area contributed by atoms with Crippen LogP contribution in [0.1, 0.15) is 0 Å². The number of benzene rings is 10. The number of thiophene rings is 1. The number of furan rings is 1. The maximum absolute atomic E-state index is 6.85. The van der Waals surface area contributed by atoms with E-state index in [0.717, 1.165) is 82.4 Å². The standard InChI is InChI=1S/C57H33N3OS/c1-2-14-35-31-38(28-27-34(35)13-1)55-58-56(60-57(59-55)49-33-36-15-3-4-16-39(36)41-17-5-6-18-42(41)49)46-21-8-7-19-43(46)45-23-12-25-50-53(45)47-24-11-22-40(54(47)61-50)37-29-30-52-48(32-37)44-20-9-10-26-51(44)62-52/h1-33H. The van der Waals surface area contributed by atoms with Gasteiger partial charge in [-0.25, -0.2) is 15.0 Å². The smallest absolute Gasteiger partial charge is 0.164 e. The number of nitrogens with zero attached hydrogens (tertiary/aromatic N) is 3. The van der Waals surface area contributed by atoms with Crippen LogP contribution >= 0.6 is 11.3 Å². The number of hydrogen-bond donors (Lipinski definition) is 0. The molecular formula is C57H33N3OS. The van der Waals surface area contributed by atoms with Gasteiger partial charge in [0.15, 0.2) is 17.5 Å². The minimum atomic E-state index is 0.604. The maximum Gasteiger partial charge on any atom is 0.164 e. The number of rotatable bonds is 5. The molecule has 0 spiro atoms. The van der Waals surface area contributed by atoms with Crippen LogP contribution < -0.4 is 0 Å². The second-order valence-electron chi connectivity index (χ2n) is 15.9. The molecule has 0 saturated carbocycles. The van der Waals surface area contributed by atoms with Crippen molar-refractivity contribution in [3.05, 3.63) is 200 Å². The molecule has 0 saturated heterocycles. The lowest BCUT2D eigenvalue weighted by atomic mass is 9.94. The molecule has 0 amide bonds. The summed E-state index contributed by atoms with van der Waals surface area (Å²) in [7, 11) is 0. The molecule has 10 aromatic carbocycles. The van der Waals surface area contributed by atoms with Gasteiger partial charge in [-0.15, -0.1) is 11.3 Å². The van der Waals surface area contributed by atoms with Crippen LogP contribution in [-0.4, -0.2) is 15.0 Å². The summed E-state index contributed by atoms with van der Waals surface area (Å²) in [5.74, 6) is 1.85. The number of para-hydroxylation sites is 1. The molecule has 3 heterocycles. The summed E-state index contributed by atoms with van der Waals surface area (Å²) in [6, 6.07) is 70.9. The van der Waals surface area contributed by atoms with E-state index in [2.05, 4.69) is 200 Å². The molecule has 13 aromatic rings. The molecule has 0 atom stereocenters. The zero-order chi connectivity index (χ0) is 40.7. The molecule has 5 heteroatoms. The van der Waals surface area contributed by atoms with Crippen molar-refractivity contribution < 1.29 is 4.42 Å². The van der Waals surface area contributed by atoms with Gasteiger partial charge in [-0.3, -0.25) is 0 Å². The molecule has 0 bridgehead atoms. The minimum absolute atomic E-state index is 0.604. The highest BCUT2D eigenvalue weighted by Crippen LogP contribution is 2.44. The Kier molecular flexibility index (Phi) is 7.74. The van der Waals surface area contributed by atoms with E-state index in [1.54, 1.807) is 0 Å². The zero-order valence-electron chi connectivity index (χ0n) is 33.2. The fraction of sp³-hybridized carbons (Fsp3) is 0. The molecule has 62 heavy (non-hydrogen) atoms. The second-order valence-corrected chi connectivity index (χ2v) is 17.0. The van der Waals surface area contributed by atoms with Gasteiger partial charge in [0.2, 0.25) is 0 Å². The predicted octanol–water partition coefficient (Wildman–Crippen LogP) is 15.9. The molecule has 0 unspecified atom stereocenters. The van der Waals surface area contributed by atoms with Gasteiger partial charge in [0, 0.05) is 53.2 Å². The van der Waals surface area contributed by atoms with Crippen molar-refractivity contribution in [1.82, 2.24) is 15.0 Å². The van der Waals surface area contributed by atoms with Gasteiger partial charge in [-0.1, -0.05) is 164 Å². The Morgan fingerprint density at radius 2 is 0.935 bits per heavy atom. The first-order chi connectivity index (χ1) is 30.7. The minimum Gasteiger partial charge on any atom is -0.455 e. The van der Waals surface area contributed by atoms with Gasteiger partial charge < -0.3 is 4.42 Å². The van der Waals surface area contributed by atoms with Crippen LogP contribution in [0.4, 0.5) is 0 Å². The predicted molar refractivity (Wildman–Crippen MR) is 260 cm³/mol. The first kappa shape index (κ1) is 34.8. The largest absolute Gasteiger partial charge is 0.455 e. The summed E-state index contributed by atoms with van der Waals surface area (Å²) in [5, 5.41) is 11.6. The molecule has 288 valence electrons. The third-order valence-electron chi connectivity index (χ3n) is 12.3. The summed E-state index contributed by atoms with van der Waals surface area (Å²) in [6.07, 6.45) is 0. The van der Waals surface area contributed by atoms with Gasteiger partial charge in [0.1, 0.15) is 11.2 Å². The number of fused-ring (bicyclic) bond motifs is 10. The molecular weight excluding hydrogens is 775 g/mol. The van der Waals surface area contributed by atoms with Crippen molar-refractivity contribution in [1.29, 1.82) is 0 Å². The van der Waals surface area contributed by atoms with E-state index in [-0.39, 0.29) is 0 Å². The SMILES string of the molecule is c1ccc(-c2cccc3oc4c(-c5ccc6sc7ccccc7c6c5)cccc4c23)c(-c2nc(-c3ccc4ccccc4c3)nc(-c3cc4ccccc4c4ccccc34)n2)c1. The fourth-order valence-electron chi connectivity index (χ4n) is 9.42. The molecule has 0 fully saturated rings. The van der Waals surface area contributed by atoms with Crippen molar-refractivity contribution in [2.45, 2.75) is 0 Å². The van der Waals surface area contributed by atoms with E-state index >= 15 is 0 Å². The lowest BCUT2D eigenvalue weighted by Crippen LogP contribution is -2.01. The Morgan fingerprint density at radius 3 is 1.82 bits per heavy atom. The van der Waals surface area contributed by atoms with Gasteiger partial charge in [-0.2, -0.15) is 0 Å². The van der Waals surface area contributed by atoms with Crippen molar-refractivity contribution in [2.75, 3.05) is 0 Å². The van der Waals surface area contributed by atoms with Crippen LogP contribution in [0.3, 0.4) is 0 Å². The summed E-state index contributed by atoms with van der Waals surface area (Å²) < 4.78 is 9.43. The molecule has 0 aliphatic heterocycles. The van der Waals surface area contributed by atoms with Crippen molar-refractivity contribution >= 4 is 85.8 Å². The van der Waals surface area contributed by atoms with E-state index in [9.17, 15) is 0 Å². The average molecular weight is 808 g/mol. The number of hydrogen-bond acceptors (Lipinski definition) is 5. The van der Waals surface area contributed by atoms with Crippen LogP contribution in [0.15, 0.2) is 205 Å². The molecule has 0 radical (unpaired) electrons. The second kappa shape index (κ2) is 13.8. The van der Waals surface area contributed by atoms with Crippen LogP contribution in [0.25, 0.3) is 131 Å². The third kappa shape index (κ3) is 5.49. The Labute approximate surface area is 360 Å². The Hall–Kier alpha value is -7.99. The highest BCUT2D eigenvalue weighted by molar-refractivity contribution is 7.25. The highest BCUT2D eigenvalue weighted by Gasteiger charge is 2.22. The topological polar surface area (TPSA) is 51.8 Å². The zero-order valence-corrected chi connectivity index (χ0v) is 34.0. The van der Waals surface area contributed by atoms with Gasteiger partial charge in [0.05, 0.1) is 0 Å². The van der Waals surface area contributed by atoms with E-state index in [4.69, 9.17) is 19.4 Å². The molecule has 13 rings (SSSR count). The highest BCUT2D eigenvalue weighted by atomic mass is 32.1. The molecule has 0 N–H and O–H groups in total. The quantitative estimate of drug-likeness (QED) is 0.163. The van der Waals surface area contributed by atoms with E-state index < -0.39 is 0 Å². The summed E-state index contributed by atoms with van der Waals surface area (Å²) in [5.41, 5.74) is 8.78. The van der Waals surface area contributed by atoms with Crippen LogP contribution in [0, 0.1) is 0 Å². The normalized spacial score (nSPS) is 11.9. The maximum atomic E-state index is 6.85. The van der Waals surface area contributed by atoms with E-state index in [1.165, 1.54) is 30.9 Å². The van der Waals surface area contributed by atoms with Gasteiger partial charge in [-0.05, 0) is 85.4 Å². The molecule has 3 aromatic heterocycles. The first-order valence-electron chi connectivity index (χ1n) is 20.8. The van der Waals surface area contributed by atoms with Gasteiger partial charge >= 0.3 is 0 Å². The fourth-order valence-corrected chi connectivity index (χ4v) is 10.5. The third-order valence-corrected chi connectivity index (χ3v) is 13.5. The molecule has 0 aliphatic carbocycles. The molecule has 4 nitrogen and oxygen atoms in total. The monoisotopic (exact) mass is 807 g/mol. The van der Waals surface area contributed by atoms with Crippen molar-refractivity contribution in [2.24, 2.45) is 0 Å². The summed E-state index contributed by atoms with van der Waals surface area (Å²) in [4.78, 5) is 16.0. The Balaban J connectivity index is 1.03. The van der Waals surface area contributed by atoms with Crippen molar-refractivity contribution in [3.8, 4) is 56.4 Å². The average Bonchev–Trinajstić information content (AvgIpc) is 3.92. The van der Waals surface area contributed by atoms with Crippen LogP contribution in [0.5, 0.6) is 0 Å². The summed E-state index contributed by atoms with van der Waals surface area (Å²) >= 11 is 1.83.